The molecule has 0 aromatic rings. The van der Waals surface area contributed by atoms with Crippen molar-refractivity contribution in [3.05, 3.63) is 25.0 Å². The van der Waals surface area contributed by atoms with Crippen molar-refractivity contribution in [1.29, 1.82) is 0 Å². The first-order chi connectivity index (χ1) is 4.20. The predicted molar refractivity (Wildman–Crippen MR) is 35.7 cm³/mol. The first kappa shape index (κ1) is 7.95. The molecule has 0 bridgehead atoms. The lowest BCUT2D eigenvalue weighted by atomic mass is 10.5. The molecule has 0 aromatic heterocycles. The smallest absolute Gasteiger partial charge is 0.310 e. The van der Waals surface area contributed by atoms with Crippen molar-refractivity contribution in [1.82, 2.24) is 0 Å². The molecule has 2 nitrogen and oxygen atoms in total. The summed E-state index contributed by atoms with van der Waals surface area (Å²) in [5, 5.41) is 0. The van der Waals surface area contributed by atoms with Gasteiger partial charge < -0.3 is 4.74 Å². The standard InChI is InChI=1S/C7H10O2/c1-4-6(3)9-7(8)5-2/h4H,1,3,5H2,2H3. The number of hydrogen-bond donors (Lipinski definition) is 0. The summed E-state index contributed by atoms with van der Waals surface area (Å²) >= 11 is 0. The zero-order valence-corrected chi connectivity index (χ0v) is 5.52. The molecule has 0 unspecified atom stereocenters. The van der Waals surface area contributed by atoms with E-state index in [1.54, 1.807) is 6.92 Å². The van der Waals surface area contributed by atoms with E-state index in [4.69, 9.17) is 0 Å². The summed E-state index contributed by atoms with van der Waals surface area (Å²) in [5.74, 6) is 0.0294. The molecule has 0 atom stereocenters. The fraction of sp³-hybridized carbons (Fsp3) is 0.286. The first-order valence-corrected chi connectivity index (χ1v) is 2.72. The maximum atomic E-state index is 10.5. The summed E-state index contributed by atoms with van der Waals surface area (Å²) in [5.41, 5.74) is 0. The van der Waals surface area contributed by atoms with E-state index in [1.807, 2.05) is 0 Å². The van der Waals surface area contributed by atoms with Gasteiger partial charge in [0.2, 0.25) is 0 Å². The molecule has 0 radical (unpaired) electrons. The molecule has 9 heavy (non-hydrogen) atoms. The molecule has 0 rings (SSSR count). The fourth-order valence-electron chi connectivity index (χ4n) is 0.260. The molecule has 0 aliphatic rings. The van der Waals surface area contributed by atoms with Gasteiger partial charge in [-0.05, 0) is 6.08 Å². The third-order valence-corrected chi connectivity index (χ3v) is 0.761. The van der Waals surface area contributed by atoms with Crippen LogP contribution in [0.4, 0.5) is 0 Å². The lowest BCUT2D eigenvalue weighted by Gasteiger charge is -1.98. The Hall–Kier alpha value is -1.05. The van der Waals surface area contributed by atoms with E-state index in [1.165, 1.54) is 6.08 Å². The molecule has 0 amide bonds. The molecule has 0 aliphatic carbocycles. The molecule has 0 saturated heterocycles. The SMILES string of the molecule is C=CC(=C)OC(=O)CC. The summed E-state index contributed by atoms with van der Waals surface area (Å²) in [6, 6.07) is 0. The third kappa shape index (κ3) is 3.53. The van der Waals surface area contributed by atoms with Crippen molar-refractivity contribution in [2.75, 3.05) is 0 Å². The number of esters is 1. The van der Waals surface area contributed by atoms with Gasteiger partial charge >= 0.3 is 5.97 Å². The highest BCUT2D eigenvalue weighted by Gasteiger charge is 1.96. The summed E-state index contributed by atoms with van der Waals surface area (Å²) < 4.78 is 4.60. The van der Waals surface area contributed by atoms with E-state index in [9.17, 15) is 4.79 Å². The van der Waals surface area contributed by atoms with Gasteiger partial charge in [-0.3, -0.25) is 4.79 Å². The van der Waals surface area contributed by atoms with Crippen LogP contribution >= 0.6 is 0 Å². The number of carbonyl (C=O) groups is 1. The Balaban J connectivity index is 3.59. The average molecular weight is 126 g/mol. The van der Waals surface area contributed by atoms with Gasteiger partial charge in [0.15, 0.2) is 0 Å². The topological polar surface area (TPSA) is 26.3 Å². The molecule has 2 heteroatoms. The Morgan fingerprint density at radius 2 is 2.33 bits per heavy atom. The highest BCUT2D eigenvalue weighted by atomic mass is 16.5. The van der Waals surface area contributed by atoms with Gasteiger partial charge in [0.05, 0.1) is 0 Å². The summed E-state index contributed by atoms with van der Waals surface area (Å²) in [4.78, 5) is 10.5. The van der Waals surface area contributed by atoms with Gasteiger partial charge in [0.1, 0.15) is 5.76 Å². The monoisotopic (exact) mass is 126 g/mol. The maximum absolute atomic E-state index is 10.5. The molecule has 0 spiro atoms. The van der Waals surface area contributed by atoms with Crippen LogP contribution in [0.25, 0.3) is 0 Å². The Bertz CT molecular complexity index is 136. The second kappa shape index (κ2) is 3.89. The van der Waals surface area contributed by atoms with Crippen molar-refractivity contribution in [2.45, 2.75) is 13.3 Å². The van der Waals surface area contributed by atoms with Gasteiger partial charge in [-0.1, -0.05) is 20.1 Å². The zero-order valence-electron chi connectivity index (χ0n) is 5.52. The van der Waals surface area contributed by atoms with Crippen LogP contribution in [0, 0.1) is 0 Å². The molecular weight excluding hydrogens is 116 g/mol. The molecular formula is C7H10O2. The minimum absolute atomic E-state index is 0.278. The van der Waals surface area contributed by atoms with Crippen LogP contribution in [0.2, 0.25) is 0 Å². The normalized spacial score (nSPS) is 8.11. The second-order valence-corrected chi connectivity index (χ2v) is 1.50. The number of hydrogen-bond acceptors (Lipinski definition) is 2. The highest BCUT2D eigenvalue weighted by Crippen LogP contribution is 1.95. The number of rotatable bonds is 3. The van der Waals surface area contributed by atoms with Crippen LogP contribution in [0.5, 0.6) is 0 Å². The maximum Gasteiger partial charge on any atom is 0.310 e. The minimum atomic E-state index is -0.278. The minimum Gasteiger partial charge on any atom is -0.427 e. The Morgan fingerprint density at radius 3 is 2.67 bits per heavy atom. The molecule has 50 valence electrons. The van der Waals surface area contributed by atoms with Gasteiger partial charge in [-0.2, -0.15) is 0 Å². The van der Waals surface area contributed by atoms with E-state index in [0.29, 0.717) is 12.2 Å². The van der Waals surface area contributed by atoms with E-state index in [-0.39, 0.29) is 5.97 Å². The summed E-state index contributed by atoms with van der Waals surface area (Å²) in [7, 11) is 0. The second-order valence-electron chi connectivity index (χ2n) is 1.50. The molecule has 0 heterocycles. The fourth-order valence-corrected chi connectivity index (χ4v) is 0.260. The average Bonchev–Trinajstić information content (AvgIpc) is 1.87. The van der Waals surface area contributed by atoms with E-state index >= 15 is 0 Å². The first-order valence-electron chi connectivity index (χ1n) is 2.72. The van der Waals surface area contributed by atoms with Crippen LogP contribution in [-0.4, -0.2) is 5.97 Å². The van der Waals surface area contributed by atoms with E-state index in [2.05, 4.69) is 17.9 Å². The van der Waals surface area contributed by atoms with Crippen LogP contribution < -0.4 is 0 Å². The van der Waals surface area contributed by atoms with Crippen molar-refractivity contribution in [2.24, 2.45) is 0 Å². The van der Waals surface area contributed by atoms with E-state index < -0.39 is 0 Å². The van der Waals surface area contributed by atoms with Crippen LogP contribution in [0.1, 0.15) is 13.3 Å². The van der Waals surface area contributed by atoms with E-state index in [0.717, 1.165) is 0 Å². The highest BCUT2D eigenvalue weighted by molar-refractivity contribution is 5.70. The summed E-state index contributed by atoms with van der Waals surface area (Å²) in [6.45, 7) is 8.49. The Kier molecular flexibility index (Phi) is 3.44. The Labute approximate surface area is 54.8 Å². The predicted octanol–water partition coefficient (Wildman–Crippen LogP) is 1.64. The molecule has 0 fully saturated rings. The zero-order chi connectivity index (χ0) is 7.28. The quantitative estimate of drug-likeness (QED) is 0.326. The number of ether oxygens (including phenoxy) is 1. The number of carbonyl (C=O) groups excluding carboxylic acids is 1. The van der Waals surface area contributed by atoms with Crippen molar-refractivity contribution < 1.29 is 9.53 Å². The lowest BCUT2D eigenvalue weighted by Crippen LogP contribution is -1.99. The molecule has 0 aromatic carbocycles. The van der Waals surface area contributed by atoms with Crippen molar-refractivity contribution in [3.63, 3.8) is 0 Å². The molecule has 0 saturated carbocycles. The van der Waals surface area contributed by atoms with Gasteiger partial charge in [-0.25, -0.2) is 0 Å². The third-order valence-electron chi connectivity index (χ3n) is 0.761. The van der Waals surface area contributed by atoms with Gasteiger partial charge in [0.25, 0.3) is 0 Å². The van der Waals surface area contributed by atoms with Gasteiger partial charge in [0, 0.05) is 6.42 Å². The summed E-state index contributed by atoms with van der Waals surface area (Å²) in [6.07, 6.45) is 1.76. The molecule has 0 aliphatic heterocycles. The van der Waals surface area contributed by atoms with Crippen LogP contribution in [0.15, 0.2) is 25.0 Å². The Morgan fingerprint density at radius 1 is 1.78 bits per heavy atom. The van der Waals surface area contributed by atoms with Crippen LogP contribution in [0.3, 0.4) is 0 Å². The van der Waals surface area contributed by atoms with Crippen molar-refractivity contribution in [3.8, 4) is 0 Å². The lowest BCUT2D eigenvalue weighted by molar-refractivity contribution is -0.138. The van der Waals surface area contributed by atoms with Crippen molar-refractivity contribution >= 4 is 5.97 Å². The number of allylic oxidation sites excluding steroid dienone is 1. The van der Waals surface area contributed by atoms with Gasteiger partial charge in [-0.15, -0.1) is 0 Å². The largest absolute Gasteiger partial charge is 0.427 e. The van der Waals surface area contributed by atoms with Crippen LogP contribution in [-0.2, 0) is 9.53 Å². The molecule has 0 N–H and O–H groups in total.